The maximum atomic E-state index is 12.3. The number of H-pyrrole nitrogens is 1. The van der Waals surface area contributed by atoms with Crippen LogP contribution in [0.15, 0.2) is 41.4 Å². The molecule has 1 aromatic heterocycles. The summed E-state index contributed by atoms with van der Waals surface area (Å²) in [5, 5.41) is 3.13. The van der Waals surface area contributed by atoms with E-state index >= 15 is 0 Å². The van der Waals surface area contributed by atoms with Gasteiger partial charge >= 0.3 is 0 Å². The number of hydrogen-bond donors (Lipinski definition) is 3. The molecule has 7 heteroatoms. The van der Waals surface area contributed by atoms with Crippen LogP contribution in [0.1, 0.15) is 12.6 Å². The van der Waals surface area contributed by atoms with Crippen LogP contribution in [0.5, 0.6) is 5.75 Å². The second kappa shape index (κ2) is 6.64. The average molecular weight is 309 g/mol. The van der Waals surface area contributed by atoms with E-state index in [9.17, 15) is 8.42 Å². The fourth-order valence-electron chi connectivity index (χ4n) is 1.81. The summed E-state index contributed by atoms with van der Waals surface area (Å²) in [6.45, 7) is 3.42. The Morgan fingerprint density at radius 3 is 2.57 bits per heavy atom. The zero-order chi connectivity index (χ0) is 15.3. The summed E-state index contributed by atoms with van der Waals surface area (Å²) in [5.41, 5.74) is 1.32. The molecule has 0 aliphatic rings. The van der Waals surface area contributed by atoms with Crippen LogP contribution < -0.4 is 14.8 Å². The Morgan fingerprint density at radius 1 is 1.24 bits per heavy atom. The quantitative estimate of drug-likeness (QED) is 0.730. The standard InChI is InChI=1S/C14H19N3O3S/c1-3-15-9-12-8-14(10-16-12)21(18,19)17-11-4-6-13(20-2)7-5-11/h4-8,10,15-17H,3,9H2,1-2H3. The van der Waals surface area contributed by atoms with Gasteiger partial charge in [0.25, 0.3) is 10.0 Å². The fraction of sp³-hybridized carbons (Fsp3) is 0.286. The summed E-state index contributed by atoms with van der Waals surface area (Å²) in [6, 6.07) is 8.33. The van der Waals surface area contributed by atoms with Crippen molar-refractivity contribution in [1.82, 2.24) is 10.3 Å². The molecule has 0 bridgehead atoms. The highest BCUT2D eigenvalue weighted by Crippen LogP contribution is 2.19. The molecule has 0 spiro atoms. The van der Waals surface area contributed by atoms with E-state index in [0.29, 0.717) is 18.0 Å². The number of anilines is 1. The summed E-state index contributed by atoms with van der Waals surface area (Å²) in [7, 11) is -2.03. The highest BCUT2D eigenvalue weighted by molar-refractivity contribution is 7.92. The molecule has 0 radical (unpaired) electrons. The Balaban J connectivity index is 2.11. The summed E-state index contributed by atoms with van der Waals surface area (Å²) < 4.78 is 32.1. The molecule has 1 aromatic carbocycles. The maximum absolute atomic E-state index is 12.3. The highest BCUT2D eigenvalue weighted by atomic mass is 32.2. The minimum atomic E-state index is -3.59. The molecule has 0 atom stereocenters. The molecule has 0 aliphatic heterocycles. The third-order valence-electron chi connectivity index (χ3n) is 2.93. The van der Waals surface area contributed by atoms with E-state index in [1.165, 1.54) is 6.20 Å². The molecule has 0 unspecified atom stereocenters. The van der Waals surface area contributed by atoms with Crippen LogP contribution in [0.2, 0.25) is 0 Å². The predicted molar refractivity (Wildman–Crippen MR) is 82.0 cm³/mol. The Morgan fingerprint density at radius 2 is 1.95 bits per heavy atom. The number of aromatic nitrogens is 1. The minimum absolute atomic E-state index is 0.214. The van der Waals surface area contributed by atoms with Gasteiger partial charge in [-0.25, -0.2) is 8.42 Å². The molecular formula is C14H19N3O3S. The van der Waals surface area contributed by atoms with E-state index in [-0.39, 0.29) is 4.90 Å². The largest absolute Gasteiger partial charge is 0.497 e. The van der Waals surface area contributed by atoms with Gasteiger partial charge in [0.1, 0.15) is 10.6 Å². The second-order valence-corrected chi connectivity index (χ2v) is 6.16. The first-order valence-corrected chi connectivity index (χ1v) is 8.08. The molecular weight excluding hydrogens is 290 g/mol. The van der Waals surface area contributed by atoms with Gasteiger partial charge in [-0.15, -0.1) is 0 Å². The van der Waals surface area contributed by atoms with Gasteiger partial charge in [0.05, 0.1) is 7.11 Å². The van der Waals surface area contributed by atoms with Crippen molar-refractivity contribution in [2.45, 2.75) is 18.4 Å². The molecule has 0 saturated carbocycles. The number of methoxy groups -OCH3 is 1. The normalized spacial score (nSPS) is 11.3. The van der Waals surface area contributed by atoms with Crippen LogP contribution in [0.25, 0.3) is 0 Å². The molecule has 3 N–H and O–H groups in total. The van der Waals surface area contributed by atoms with Crippen molar-refractivity contribution in [3.8, 4) is 5.75 Å². The van der Waals surface area contributed by atoms with E-state index in [1.54, 1.807) is 37.4 Å². The number of nitrogens with one attached hydrogen (secondary N) is 3. The molecule has 114 valence electrons. The minimum Gasteiger partial charge on any atom is -0.497 e. The van der Waals surface area contributed by atoms with E-state index in [0.717, 1.165) is 12.2 Å². The first-order valence-electron chi connectivity index (χ1n) is 6.60. The molecule has 0 saturated heterocycles. The SMILES string of the molecule is CCNCc1cc(S(=O)(=O)Nc2ccc(OC)cc2)c[nH]1. The van der Waals surface area contributed by atoms with Gasteiger partial charge in [0, 0.05) is 24.1 Å². The van der Waals surface area contributed by atoms with Crippen LogP contribution in [0.4, 0.5) is 5.69 Å². The van der Waals surface area contributed by atoms with Gasteiger partial charge in [-0.1, -0.05) is 6.92 Å². The lowest BCUT2D eigenvalue weighted by atomic mass is 10.3. The van der Waals surface area contributed by atoms with Gasteiger partial charge in [-0.3, -0.25) is 4.72 Å². The Bertz CT molecular complexity index is 678. The molecule has 6 nitrogen and oxygen atoms in total. The first-order chi connectivity index (χ1) is 10.0. The van der Waals surface area contributed by atoms with Crippen molar-refractivity contribution < 1.29 is 13.2 Å². The monoisotopic (exact) mass is 309 g/mol. The second-order valence-electron chi connectivity index (χ2n) is 4.47. The lowest BCUT2D eigenvalue weighted by Crippen LogP contribution is -2.13. The third kappa shape index (κ3) is 3.99. The zero-order valence-electron chi connectivity index (χ0n) is 12.0. The number of ether oxygens (including phenoxy) is 1. The van der Waals surface area contributed by atoms with Crippen molar-refractivity contribution in [2.75, 3.05) is 18.4 Å². The summed E-state index contributed by atoms with van der Waals surface area (Å²) in [5.74, 6) is 0.674. The number of hydrogen-bond acceptors (Lipinski definition) is 4. The lowest BCUT2D eigenvalue weighted by molar-refractivity contribution is 0.415. The molecule has 21 heavy (non-hydrogen) atoms. The molecule has 0 aliphatic carbocycles. The summed E-state index contributed by atoms with van der Waals surface area (Å²) in [6.07, 6.45) is 1.48. The molecule has 0 amide bonds. The first kappa shape index (κ1) is 15.4. The van der Waals surface area contributed by atoms with Gasteiger partial charge in [-0.05, 0) is 36.9 Å². The summed E-state index contributed by atoms with van der Waals surface area (Å²) in [4.78, 5) is 3.16. The molecule has 1 heterocycles. The topological polar surface area (TPSA) is 83.2 Å². The smallest absolute Gasteiger partial charge is 0.263 e. The van der Waals surface area contributed by atoms with Crippen LogP contribution in [-0.2, 0) is 16.6 Å². The Kier molecular flexibility index (Phi) is 4.87. The van der Waals surface area contributed by atoms with Gasteiger partial charge in [0.2, 0.25) is 0 Å². The van der Waals surface area contributed by atoms with E-state index < -0.39 is 10.0 Å². The Labute approximate surface area is 124 Å². The summed E-state index contributed by atoms with van der Waals surface area (Å²) >= 11 is 0. The van der Waals surface area contributed by atoms with Crippen molar-refractivity contribution >= 4 is 15.7 Å². The Hall–Kier alpha value is -1.99. The van der Waals surface area contributed by atoms with Crippen LogP contribution in [0.3, 0.4) is 0 Å². The molecule has 2 aromatic rings. The van der Waals surface area contributed by atoms with Crippen molar-refractivity contribution in [3.05, 3.63) is 42.2 Å². The van der Waals surface area contributed by atoms with Gasteiger partial charge < -0.3 is 15.0 Å². The van der Waals surface area contributed by atoms with Crippen molar-refractivity contribution in [1.29, 1.82) is 0 Å². The number of rotatable bonds is 7. The molecule has 2 rings (SSSR count). The van der Waals surface area contributed by atoms with Gasteiger partial charge in [0.15, 0.2) is 0 Å². The number of benzene rings is 1. The number of aromatic amines is 1. The van der Waals surface area contributed by atoms with Crippen LogP contribution in [-0.4, -0.2) is 27.1 Å². The predicted octanol–water partition coefficient (Wildman–Crippen LogP) is 1.93. The van der Waals surface area contributed by atoms with E-state index in [4.69, 9.17) is 4.74 Å². The van der Waals surface area contributed by atoms with E-state index in [1.807, 2.05) is 6.92 Å². The zero-order valence-corrected chi connectivity index (χ0v) is 12.8. The third-order valence-corrected chi connectivity index (χ3v) is 4.30. The van der Waals surface area contributed by atoms with Crippen molar-refractivity contribution in [2.24, 2.45) is 0 Å². The maximum Gasteiger partial charge on any atom is 0.263 e. The fourth-order valence-corrected chi connectivity index (χ4v) is 2.88. The van der Waals surface area contributed by atoms with E-state index in [2.05, 4.69) is 15.0 Å². The van der Waals surface area contributed by atoms with Gasteiger partial charge in [-0.2, -0.15) is 0 Å². The number of sulfonamides is 1. The highest BCUT2D eigenvalue weighted by Gasteiger charge is 2.16. The van der Waals surface area contributed by atoms with Crippen molar-refractivity contribution in [3.63, 3.8) is 0 Å². The van der Waals surface area contributed by atoms with Crippen LogP contribution >= 0.6 is 0 Å². The van der Waals surface area contributed by atoms with Crippen LogP contribution in [0, 0.1) is 0 Å². The average Bonchev–Trinajstić information content (AvgIpc) is 2.95. The molecule has 0 fully saturated rings. The lowest BCUT2D eigenvalue weighted by Gasteiger charge is -2.07.